The highest BCUT2D eigenvalue weighted by Crippen LogP contribution is 2.43. The smallest absolute Gasteiger partial charge is 0.389 e. The maximum Gasteiger partial charge on any atom is 0.472 e. The molecule has 0 spiro atoms. The summed E-state index contributed by atoms with van der Waals surface area (Å²) in [6, 6.07) is -0.979. The van der Waals surface area contributed by atoms with Crippen LogP contribution in [0.5, 0.6) is 0 Å². The quantitative estimate of drug-likeness (QED) is 0.0144. The Labute approximate surface area is 322 Å². The average molecular weight is 768 g/mol. The Hall–Kier alpha value is -2.14. The number of rotatable bonds is 34. The molecule has 0 aliphatic carbocycles. The number of carbonyl (C=O) groups is 1. The van der Waals surface area contributed by atoms with Crippen molar-refractivity contribution in [3.8, 4) is 0 Å². The lowest BCUT2D eigenvalue weighted by molar-refractivity contribution is -0.870. The van der Waals surface area contributed by atoms with Gasteiger partial charge in [-0.25, -0.2) is 4.57 Å². The molecule has 0 aliphatic heterocycles. The molecule has 1 amide bonds. The number of phosphoric acid groups is 1. The highest BCUT2D eigenvalue weighted by atomic mass is 31.2. The van der Waals surface area contributed by atoms with E-state index in [9.17, 15) is 29.6 Å². The lowest BCUT2D eigenvalue weighted by Gasteiger charge is -2.25. The molecule has 11 heteroatoms. The number of aliphatic hydroxyl groups excluding tert-OH is 3. The van der Waals surface area contributed by atoms with E-state index in [1.807, 2.05) is 33.3 Å². The van der Waals surface area contributed by atoms with Gasteiger partial charge in [0.15, 0.2) is 0 Å². The second-order valence-corrected chi connectivity index (χ2v) is 16.1. The van der Waals surface area contributed by atoms with E-state index in [1.54, 1.807) is 42.5 Å². The summed E-state index contributed by atoms with van der Waals surface area (Å²) in [7, 11) is 1.38. The third-order valence-corrected chi connectivity index (χ3v) is 9.32. The van der Waals surface area contributed by atoms with Crippen molar-refractivity contribution < 1.29 is 43.1 Å². The largest absolute Gasteiger partial charge is 0.472 e. The Bertz CT molecular complexity index is 1130. The predicted octanol–water partition coefficient (Wildman–Crippen LogP) is 8.40. The van der Waals surface area contributed by atoms with Gasteiger partial charge in [0.25, 0.3) is 0 Å². The van der Waals surface area contributed by atoms with Gasteiger partial charge >= 0.3 is 7.82 Å². The minimum Gasteiger partial charge on any atom is -0.389 e. The molecule has 0 radical (unpaired) electrons. The molecule has 0 saturated carbocycles. The van der Waals surface area contributed by atoms with Crippen molar-refractivity contribution >= 4 is 13.7 Å². The predicted molar refractivity (Wildman–Crippen MR) is 219 cm³/mol. The van der Waals surface area contributed by atoms with E-state index in [0.717, 1.165) is 19.3 Å². The summed E-state index contributed by atoms with van der Waals surface area (Å²) < 4.78 is 23.3. The van der Waals surface area contributed by atoms with Gasteiger partial charge in [-0.05, 0) is 57.8 Å². The van der Waals surface area contributed by atoms with Gasteiger partial charge in [0, 0.05) is 6.42 Å². The Kier molecular flexibility index (Phi) is 31.9. The van der Waals surface area contributed by atoms with Gasteiger partial charge in [-0.1, -0.05) is 132 Å². The minimum atomic E-state index is -4.41. The second kappa shape index (κ2) is 33.2. The van der Waals surface area contributed by atoms with Crippen LogP contribution in [0.1, 0.15) is 123 Å². The van der Waals surface area contributed by atoms with Crippen molar-refractivity contribution in [2.24, 2.45) is 0 Å². The first-order valence-corrected chi connectivity index (χ1v) is 21.5. The molecular formula is C42H76N2O8P+. The number of unbranched alkanes of at least 4 members (excludes halogenated alkanes) is 10. The summed E-state index contributed by atoms with van der Waals surface area (Å²) >= 11 is 0. The number of hydrogen-bond donors (Lipinski definition) is 5. The van der Waals surface area contributed by atoms with E-state index in [4.69, 9.17) is 9.05 Å². The van der Waals surface area contributed by atoms with Crippen LogP contribution in [0.15, 0.2) is 72.9 Å². The van der Waals surface area contributed by atoms with E-state index < -0.39 is 38.8 Å². The summed E-state index contributed by atoms with van der Waals surface area (Å²) in [6.45, 7) is 4.47. The number of quaternary nitrogens is 1. The topological polar surface area (TPSA) is 146 Å². The number of likely N-dealkylation sites (N-methyl/N-ethyl adjacent to an activating group) is 1. The number of nitrogens with zero attached hydrogens (tertiary/aromatic N) is 1. The average Bonchev–Trinajstić information content (AvgIpc) is 3.09. The fourth-order valence-electron chi connectivity index (χ4n) is 5.01. The van der Waals surface area contributed by atoms with E-state index in [-0.39, 0.29) is 18.9 Å². The van der Waals surface area contributed by atoms with Gasteiger partial charge in [0.1, 0.15) is 13.2 Å². The number of amides is 1. The standard InChI is InChI=1S/C42H75N2O8P/c1-6-8-10-12-14-15-16-17-18-19-21-27-33-41(47)40(37-52-53(49,50)51-36-35-44(3,4)5)43-42(48)34-28-32-39(46)31-26-23-22-25-30-38(45)29-24-20-13-11-9-7-2/h17-18,20,22-27,30-31,33,38-41,45-47H,6-16,19,21,28-29,32,34-37H2,1-5H3,(H-,43,48,49,50)/p+1/b18-17-,23-22+,24-20-,30-25+,31-26-,33-27+/t38-,39-,40-,41+/m0/s1. The summed E-state index contributed by atoms with van der Waals surface area (Å²) in [4.78, 5) is 23.0. The van der Waals surface area contributed by atoms with Crippen LogP contribution < -0.4 is 5.32 Å². The van der Waals surface area contributed by atoms with Gasteiger partial charge < -0.3 is 30.0 Å². The first-order chi connectivity index (χ1) is 25.3. The highest BCUT2D eigenvalue weighted by molar-refractivity contribution is 7.47. The first kappa shape index (κ1) is 50.9. The van der Waals surface area contributed by atoms with E-state index in [0.29, 0.717) is 36.7 Å². The number of aliphatic hydroxyl groups is 3. The molecule has 0 saturated heterocycles. The number of nitrogens with one attached hydrogen (secondary N) is 1. The monoisotopic (exact) mass is 768 g/mol. The van der Waals surface area contributed by atoms with Crippen LogP contribution in [-0.2, 0) is 18.4 Å². The molecule has 0 aromatic carbocycles. The second-order valence-electron chi connectivity index (χ2n) is 14.7. The highest BCUT2D eigenvalue weighted by Gasteiger charge is 2.27. The SMILES string of the molecule is CCCCC/C=C\C[C@H](O)/C=C/C=C/C=C\[C@H](O)CCCC(=O)N[C@@H](COP(=O)(O)OCC[N+](C)(C)C)[C@H](O)/C=C/CC/C=C\CCCCCCCC. The van der Waals surface area contributed by atoms with Crippen molar-refractivity contribution in [1.82, 2.24) is 5.32 Å². The number of phosphoric ester groups is 1. The molecule has 1 unspecified atom stereocenters. The third kappa shape index (κ3) is 35.3. The molecule has 0 heterocycles. The molecule has 10 nitrogen and oxygen atoms in total. The fourth-order valence-corrected chi connectivity index (χ4v) is 5.75. The van der Waals surface area contributed by atoms with Gasteiger partial charge in [-0.3, -0.25) is 13.8 Å². The summed E-state index contributed by atoms with van der Waals surface area (Å²) in [5.41, 5.74) is 0. The van der Waals surface area contributed by atoms with Crippen LogP contribution in [0.2, 0.25) is 0 Å². The van der Waals surface area contributed by atoms with Crippen LogP contribution in [0, 0.1) is 0 Å². The van der Waals surface area contributed by atoms with E-state index in [2.05, 4.69) is 37.4 Å². The molecule has 0 aromatic rings. The van der Waals surface area contributed by atoms with Gasteiger partial charge in [-0.2, -0.15) is 0 Å². The maximum absolute atomic E-state index is 12.8. The Morgan fingerprint density at radius 3 is 1.94 bits per heavy atom. The first-order valence-electron chi connectivity index (χ1n) is 20.0. The molecule has 0 aromatic heterocycles. The third-order valence-electron chi connectivity index (χ3n) is 8.34. The minimum absolute atomic E-state index is 0.00660. The Morgan fingerprint density at radius 2 is 1.26 bits per heavy atom. The van der Waals surface area contributed by atoms with Crippen molar-refractivity contribution in [1.29, 1.82) is 0 Å². The van der Waals surface area contributed by atoms with Gasteiger partial charge in [0.2, 0.25) is 5.91 Å². The Morgan fingerprint density at radius 1 is 0.698 bits per heavy atom. The van der Waals surface area contributed by atoms with Crippen LogP contribution in [-0.4, -0.2) is 95.9 Å². The van der Waals surface area contributed by atoms with Crippen molar-refractivity contribution in [3.63, 3.8) is 0 Å². The normalized spacial score (nSPS) is 16.5. The molecule has 5 atom stereocenters. The van der Waals surface area contributed by atoms with E-state index in [1.165, 1.54) is 57.8 Å². The molecular weight excluding hydrogens is 691 g/mol. The lowest BCUT2D eigenvalue weighted by Crippen LogP contribution is -2.45. The van der Waals surface area contributed by atoms with E-state index >= 15 is 0 Å². The zero-order valence-corrected chi connectivity index (χ0v) is 34.6. The molecule has 306 valence electrons. The molecule has 0 fully saturated rings. The molecule has 0 aliphatic rings. The zero-order chi connectivity index (χ0) is 39.6. The van der Waals surface area contributed by atoms with Crippen molar-refractivity contribution in [2.45, 2.75) is 147 Å². The fraction of sp³-hybridized carbons (Fsp3) is 0.690. The van der Waals surface area contributed by atoms with Crippen molar-refractivity contribution in [3.05, 3.63) is 72.9 Å². The van der Waals surface area contributed by atoms with Crippen LogP contribution in [0.25, 0.3) is 0 Å². The van der Waals surface area contributed by atoms with Crippen LogP contribution in [0.3, 0.4) is 0 Å². The van der Waals surface area contributed by atoms with Crippen molar-refractivity contribution in [2.75, 3.05) is 40.9 Å². The molecule has 53 heavy (non-hydrogen) atoms. The summed E-state index contributed by atoms with van der Waals surface area (Å²) in [6.07, 6.45) is 36.0. The number of carbonyl (C=O) groups excluding carboxylic acids is 1. The van der Waals surface area contributed by atoms with Crippen LogP contribution >= 0.6 is 7.82 Å². The molecule has 5 N–H and O–H groups in total. The maximum atomic E-state index is 12.8. The zero-order valence-electron chi connectivity index (χ0n) is 33.7. The van der Waals surface area contributed by atoms with Gasteiger partial charge in [-0.15, -0.1) is 0 Å². The van der Waals surface area contributed by atoms with Gasteiger partial charge in [0.05, 0.1) is 52.1 Å². The molecule has 0 rings (SSSR count). The number of allylic oxidation sites excluding steroid dienone is 8. The number of hydrogen-bond acceptors (Lipinski definition) is 7. The summed E-state index contributed by atoms with van der Waals surface area (Å²) in [5, 5.41) is 34.0. The summed E-state index contributed by atoms with van der Waals surface area (Å²) in [5.74, 6) is -0.377. The van der Waals surface area contributed by atoms with Crippen LogP contribution in [0.4, 0.5) is 0 Å². The molecule has 0 bridgehead atoms. The Balaban J connectivity index is 4.86. The lowest BCUT2D eigenvalue weighted by atomic mass is 10.1.